The van der Waals surface area contributed by atoms with Gasteiger partial charge in [0.05, 0.1) is 0 Å². The summed E-state index contributed by atoms with van der Waals surface area (Å²) in [5, 5.41) is 0. The zero-order valence-corrected chi connectivity index (χ0v) is 9.35. The van der Waals surface area contributed by atoms with Gasteiger partial charge >= 0.3 is 25.7 Å². The van der Waals surface area contributed by atoms with Gasteiger partial charge in [0, 0.05) is 21.3 Å². The van der Waals surface area contributed by atoms with Gasteiger partial charge in [-0.05, 0) is 0 Å². The zero-order chi connectivity index (χ0) is 5.70. The van der Waals surface area contributed by atoms with Crippen LogP contribution in [0.15, 0.2) is 0 Å². The summed E-state index contributed by atoms with van der Waals surface area (Å²) in [6.45, 7) is 0. The molecule has 0 aromatic rings. The van der Waals surface area contributed by atoms with Crippen molar-refractivity contribution in [3.05, 3.63) is 0 Å². The van der Waals surface area contributed by atoms with Crippen LogP contribution in [0.4, 0.5) is 0 Å². The predicted octanol–water partition coefficient (Wildman–Crippen LogP) is -1.85. The summed E-state index contributed by atoms with van der Waals surface area (Å²) >= 11 is 0. The van der Waals surface area contributed by atoms with Crippen molar-refractivity contribution < 1.29 is 54.6 Å². The Morgan fingerprint density at radius 3 is 1.11 bits per heavy atom. The second-order valence-corrected chi connectivity index (χ2v) is 2.31. The first-order valence-corrected chi connectivity index (χ1v) is 2.87. The molecule has 0 fully saturated rings. The normalized spacial score (nSPS) is 8.00. The Kier molecular flexibility index (Phi) is 23.0. The minimum atomic E-state index is -1.05. The van der Waals surface area contributed by atoms with Crippen LogP contribution < -0.4 is 24.0 Å². The third-order valence-corrected chi connectivity index (χ3v) is 1.34. The van der Waals surface area contributed by atoms with Gasteiger partial charge in [-0.1, -0.05) is 0 Å². The summed E-state index contributed by atoms with van der Waals surface area (Å²) in [5.74, 6) is 0. The fraction of sp³-hybridized carbons (Fsp3) is 1.00. The first kappa shape index (κ1) is 16.9. The molecule has 0 amide bonds. The molecule has 6 heteroatoms. The number of halogens is 1. The summed E-state index contributed by atoms with van der Waals surface area (Å²) in [6, 6.07) is 0. The molecule has 0 bridgehead atoms. The quantitative estimate of drug-likeness (QED) is 0.348. The minimum Gasteiger partial charge on any atom is -1.00 e. The molecule has 0 aliphatic carbocycles. The Morgan fingerprint density at radius 1 is 0.889 bits per heavy atom. The standard InChI is InChI=1S/C3H9O3P.Cu.HI/c1-4-7(5-2)6-3;;/h1-3H3;;1H/q;+1;/p-1. The molecule has 0 aromatic heterocycles. The SMILES string of the molecule is COP(OC)OC.[Cu+].[I-]. The molecule has 0 N–H and O–H groups in total. The van der Waals surface area contributed by atoms with Crippen molar-refractivity contribution in [1.29, 1.82) is 0 Å². The van der Waals surface area contributed by atoms with E-state index in [2.05, 4.69) is 13.6 Å². The molecule has 0 spiro atoms. The van der Waals surface area contributed by atoms with Crippen LogP contribution in [0.3, 0.4) is 0 Å². The maximum absolute atomic E-state index is 4.67. The van der Waals surface area contributed by atoms with Crippen LogP contribution in [0.1, 0.15) is 0 Å². The predicted molar refractivity (Wildman–Crippen MR) is 27.9 cm³/mol. The largest absolute Gasteiger partial charge is 1.00 e. The summed E-state index contributed by atoms with van der Waals surface area (Å²) in [7, 11) is 3.57. The fourth-order valence-electron chi connectivity index (χ4n) is 0.224. The van der Waals surface area contributed by atoms with Crippen molar-refractivity contribution in [3.63, 3.8) is 0 Å². The van der Waals surface area contributed by atoms with Gasteiger partial charge in [-0.15, -0.1) is 0 Å². The number of hydrogen-bond donors (Lipinski definition) is 0. The van der Waals surface area contributed by atoms with E-state index in [0.29, 0.717) is 0 Å². The van der Waals surface area contributed by atoms with Crippen LogP contribution >= 0.6 is 8.60 Å². The van der Waals surface area contributed by atoms with Gasteiger partial charge in [0.1, 0.15) is 0 Å². The van der Waals surface area contributed by atoms with E-state index in [-0.39, 0.29) is 41.0 Å². The smallest absolute Gasteiger partial charge is 1.00 e. The number of hydrogen-bond acceptors (Lipinski definition) is 3. The first-order chi connectivity index (χ1) is 3.35. The zero-order valence-electron chi connectivity index (χ0n) is 5.35. The monoisotopic (exact) mass is 314 g/mol. The van der Waals surface area contributed by atoms with Gasteiger partial charge in [-0.25, -0.2) is 0 Å². The van der Waals surface area contributed by atoms with Crippen molar-refractivity contribution in [1.82, 2.24) is 0 Å². The van der Waals surface area contributed by atoms with E-state index < -0.39 is 8.60 Å². The average molecular weight is 315 g/mol. The molecule has 9 heavy (non-hydrogen) atoms. The molecule has 0 radical (unpaired) electrons. The van der Waals surface area contributed by atoms with Gasteiger partial charge in [-0.3, -0.25) is 0 Å². The molecule has 0 heterocycles. The van der Waals surface area contributed by atoms with E-state index in [1.165, 1.54) is 0 Å². The van der Waals surface area contributed by atoms with E-state index in [4.69, 9.17) is 0 Å². The molecule has 0 aliphatic rings. The molecule has 62 valence electrons. The average Bonchev–Trinajstić information content (AvgIpc) is 1.72. The minimum absolute atomic E-state index is 0. The van der Waals surface area contributed by atoms with Crippen molar-refractivity contribution in [3.8, 4) is 0 Å². The van der Waals surface area contributed by atoms with E-state index in [0.717, 1.165) is 0 Å². The van der Waals surface area contributed by atoms with E-state index in [1.807, 2.05) is 0 Å². The van der Waals surface area contributed by atoms with Crippen molar-refractivity contribution >= 4 is 8.60 Å². The first-order valence-electron chi connectivity index (χ1n) is 1.77. The van der Waals surface area contributed by atoms with Crippen molar-refractivity contribution in [2.24, 2.45) is 0 Å². The molecule has 0 saturated heterocycles. The van der Waals surface area contributed by atoms with Gasteiger partial charge in [0.15, 0.2) is 0 Å². The second-order valence-electron chi connectivity index (χ2n) is 0.771. The van der Waals surface area contributed by atoms with Crippen molar-refractivity contribution in [2.45, 2.75) is 0 Å². The molecule has 0 aliphatic heterocycles. The topological polar surface area (TPSA) is 27.7 Å². The van der Waals surface area contributed by atoms with Gasteiger partial charge in [0.2, 0.25) is 0 Å². The summed E-state index contributed by atoms with van der Waals surface area (Å²) in [4.78, 5) is 0. The Balaban J connectivity index is -0.000000180. The molecule has 0 atom stereocenters. The Labute approximate surface area is 84.3 Å². The third kappa shape index (κ3) is 9.56. The van der Waals surface area contributed by atoms with Crippen LogP contribution in [0.25, 0.3) is 0 Å². The maximum Gasteiger partial charge on any atom is 1.00 e. The van der Waals surface area contributed by atoms with E-state index in [9.17, 15) is 0 Å². The van der Waals surface area contributed by atoms with E-state index in [1.54, 1.807) is 21.3 Å². The second kappa shape index (κ2) is 12.3. The summed E-state index contributed by atoms with van der Waals surface area (Å²) in [5.41, 5.74) is 0. The summed E-state index contributed by atoms with van der Waals surface area (Å²) in [6.07, 6.45) is 0. The van der Waals surface area contributed by atoms with Crippen LogP contribution in [0, 0.1) is 0 Å². The molecular formula is C3H9CuIO3P. The Bertz CT molecular complexity index is 40.5. The number of rotatable bonds is 3. The van der Waals surface area contributed by atoms with Crippen LogP contribution in [-0.4, -0.2) is 21.3 Å². The third-order valence-electron chi connectivity index (χ3n) is 0.447. The van der Waals surface area contributed by atoms with Gasteiger partial charge < -0.3 is 37.5 Å². The molecular weight excluding hydrogens is 305 g/mol. The maximum atomic E-state index is 4.67. The van der Waals surface area contributed by atoms with Crippen LogP contribution in [0.5, 0.6) is 0 Å². The van der Waals surface area contributed by atoms with Crippen LogP contribution in [0.2, 0.25) is 0 Å². The Hall–Kier alpha value is 1.56. The van der Waals surface area contributed by atoms with Crippen molar-refractivity contribution in [2.75, 3.05) is 21.3 Å². The van der Waals surface area contributed by atoms with Gasteiger partial charge in [-0.2, -0.15) is 0 Å². The molecule has 0 saturated carbocycles. The van der Waals surface area contributed by atoms with Crippen LogP contribution in [-0.2, 0) is 30.6 Å². The molecule has 0 rings (SSSR count). The molecule has 0 unspecified atom stereocenters. The summed E-state index contributed by atoms with van der Waals surface area (Å²) < 4.78 is 14.0. The van der Waals surface area contributed by atoms with Gasteiger partial charge in [0.25, 0.3) is 0 Å². The molecule has 3 nitrogen and oxygen atoms in total. The molecule has 0 aromatic carbocycles. The fourth-order valence-corrected chi connectivity index (χ4v) is 0.671. The Morgan fingerprint density at radius 2 is 1.11 bits per heavy atom. The van der Waals surface area contributed by atoms with E-state index >= 15 is 0 Å².